The molecule has 0 aromatic rings. The summed E-state index contributed by atoms with van der Waals surface area (Å²) in [5.74, 6) is 3.99. The molecule has 2 heterocycles. The lowest BCUT2D eigenvalue weighted by Gasteiger charge is -2.60. The molecule has 2 aliphatic heterocycles. The Morgan fingerprint density at radius 3 is 2.89 bits per heavy atom. The third-order valence-corrected chi connectivity index (χ3v) is 13.7. The van der Waals surface area contributed by atoms with Crippen molar-refractivity contribution in [3.8, 4) is 0 Å². The Morgan fingerprint density at radius 1 is 1.14 bits per heavy atom. The van der Waals surface area contributed by atoms with Crippen LogP contribution >= 0.6 is 0 Å². The molecule has 6 aliphatic carbocycles. The molecule has 0 aromatic carbocycles. The molecule has 0 amide bonds. The first-order valence-corrected chi connectivity index (χ1v) is 15.4. The van der Waals surface area contributed by atoms with Gasteiger partial charge in [0.1, 0.15) is 0 Å². The quantitative estimate of drug-likeness (QED) is 0.441. The van der Waals surface area contributed by atoms with Gasteiger partial charge in [-0.15, -0.1) is 0 Å². The van der Waals surface area contributed by atoms with Gasteiger partial charge in [0.25, 0.3) is 0 Å². The van der Waals surface area contributed by atoms with Crippen molar-refractivity contribution >= 4 is 0 Å². The molecule has 5 nitrogen and oxygen atoms in total. The molecule has 3 spiro atoms. The second-order valence-electron chi connectivity index (χ2n) is 14.8. The van der Waals surface area contributed by atoms with Crippen molar-refractivity contribution in [1.29, 1.82) is 0 Å². The highest BCUT2D eigenvalue weighted by molar-refractivity contribution is 5.42. The maximum absolute atomic E-state index is 10.4. The first-order valence-electron chi connectivity index (χ1n) is 15.4. The number of rotatable bonds is 5. The Bertz CT molecular complexity index is 968. The molecule has 2 saturated heterocycles. The smallest absolute Gasteiger partial charge is 0.0793 e. The third kappa shape index (κ3) is 2.66. The summed E-state index contributed by atoms with van der Waals surface area (Å²) in [6.07, 6.45) is 15.5. The first-order chi connectivity index (χ1) is 17.4. The van der Waals surface area contributed by atoms with Crippen molar-refractivity contribution in [3.05, 3.63) is 11.6 Å². The van der Waals surface area contributed by atoms with Crippen LogP contribution in [0.4, 0.5) is 0 Å². The zero-order valence-electron chi connectivity index (χ0n) is 22.5. The van der Waals surface area contributed by atoms with Gasteiger partial charge in [0.2, 0.25) is 0 Å². The largest absolute Gasteiger partial charge is 0.394 e. The van der Waals surface area contributed by atoms with Crippen LogP contribution in [0.15, 0.2) is 11.6 Å². The van der Waals surface area contributed by atoms with Crippen molar-refractivity contribution in [2.75, 3.05) is 32.9 Å². The highest BCUT2D eigenvalue weighted by atomic mass is 16.5. The Balaban J connectivity index is 1.06. The highest BCUT2D eigenvalue weighted by Gasteiger charge is 2.91. The number of likely N-dealkylation sites (tertiary alicyclic amines) is 1. The van der Waals surface area contributed by atoms with Gasteiger partial charge in [-0.25, -0.2) is 0 Å². The second kappa shape index (κ2) is 7.59. The number of nitrogens with zero attached hydrogens (tertiary/aromatic N) is 1. The fourth-order valence-corrected chi connectivity index (χ4v) is 12.5. The molecule has 0 radical (unpaired) electrons. The minimum absolute atomic E-state index is 0.111. The van der Waals surface area contributed by atoms with Crippen LogP contribution in [-0.2, 0) is 9.47 Å². The number of allylic oxidation sites excluding steroid dienone is 1. The number of piperidine rings is 1. The summed E-state index contributed by atoms with van der Waals surface area (Å²) >= 11 is 0. The number of hydrogen-bond donors (Lipinski definition) is 2. The number of hydrogen-bond acceptors (Lipinski definition) is 5. The lowest BCUT2D eigenvalue weighted by atomic mass is 9.47. The predicted octanol–water partition coefficient (Wildman–Crippen LogP) is 4.17. The summed E-state index contributed by atoms with van der Waals surface area (Å²) in [5, 5.41) is 19.5. The van der Waals surface area contributed by atoms with Gasteiger partial charge in [-0.2, -0.15) is 0 Å². The molecular weight excluding hydrogens is 450 g/mol. The molecule has 3 unspecified atom stereocenters. The summed E-state index contributed by atoms with van der Waals surface area (Å²) in [6, 6.07) is 0.577. The number of aliphatic hydroxyl groups excluding tert-OH is 2. The summed E-state index contributed by atoms with van der Waals surface area (Å²) < 4.78 is 13.1. The molecule has 7 fully saturated rings. The van der Waals surface area contributed by atoms with E-state index in [2.05, 4.69) is 24.8 Å². The van der Waals surface area contributed by atoms with Gasteiger partial charge in [-0.3, -0.25) is 4.90 Å². The van der Waals surface area contributed by atoms with Crippen LogP contribution in [-0.4, -0.2) is 71.9 Å². The van der Waals surface area contributed by atoms with Crippen molar-refractivity contribution < 1.29 is 19.7 Å². The van der Waals surface area contributed by atoms with Crippen LogP contribution in [0, 0.1) is 45.8 Å². The average molecular weight is 498 g/mol. The topological polar surface area (TPSA) is 62.2 Å². The maximum atomic E-state index is 10.4. The third-order valence-electron chi connectivity index (χ3n) is 13.7. The van der Waals surface area contributed by atoms with E-state index in [9.17, 15) is 5.11 Å². The van der Waals surface area contributed by atoms with E-state index in [0.29, 0.717) is 46.8 Å². The summed E-state index contributed by atoms with van der Waals surface area (Å²) in [4.78, 5) is 2.72. The lowest BCUT2D eigenvalue weighted by molar-refractivity contribution is -0.211. The van der Waals surface area contributed by atoms with Crippen LogP contribution in [0.2, 0.25) is 0 Å². The maximum Gasteiger partial charge on any atom is 0.0793 e. The van der Waals surface area contributed by atoms with E-state index in [-0.39, 0.29) is 18.3 Å². The molecular formula is C31H47NO4. The molecule has 0 bridgehead atoms. The van der Waals surface area contributed by atoms with Gasteiger partial charge in [0.05, 0.1) is 37.6 Å². The van der Waals surface area contributed by atoms with Gasteiger partial charge in [0.15, 0.2) is 0 Å². The van der Waals surface area contributed by atoms with Crippen LogP contribution < -0.4 is 0 Å². The monoisotopic (exact) mass is 497 g/mol. The minimum Gasteiger partial charge on any atom is -0.394 e. The summed E-state index contributed by atoms with van der Waals surface area (Å²) in [7, 11) is 0. The molecule has 5 heteroatoms. The fraction of sp³-hybridized carbons (Fsp3) is 0.935. The summed E-state index contributed by atoms with van der Waals surface area (Å²) in [6.45, 7) is 8.40. The van der Waals surface area contributed by atoms with Crippen molar-refractivity contribution in [2.45, 2.75) is 102 Å². The van der Waals surface area contributed by atoms with E-state index in [1.165, 1.54) is 57.9 Å². The summed E-state index contributed by atoms with van der Waals surface area (Å²) in [5.41, 5.74) is 3.10. The highest BCUT2D eigenvalue weighted by Crippen LogP contribution is 2.93. The normalized spacial score (nSPS) is 58.3. The zero-order chi connectivity index (χ0) is 24.5. The van der Waals surface area contributed by atoms with Crippen molar-refractivity contribution in [3.63, 3.8) is 0 Å². The van der Waals surface area contributed by atoms with E-state index < -0.39 is 0 Å². The van der Waals surface area contributed by atoms with Gasteiger partial charge in [-0.05, 0) is 98.7 Å². The first kappa shape index (κ1) is 23.4. The van der Waals surface area contributed by atoms with E-state index in [1.54, 1.807) is 5.57 Å². The predicted molar refractivity (Wildman–Crippen MR) is 137 cm³/mol. The Hall–Kier alpha value is -0.460. The second-order valence-corrected chi connectivity index (χ2v) is 14.8. The molecule has 36 heavy (non-hydrogen) atoms. The van der Waals surface area contributed by atoms with Crippen LogP contribution in [0.5, 0.6) is 0 Å². The van der Waals surface area contributed by atoms with Crippen LogP contribution in [0.1, 0.15) is 78.1 Å². The molecule has 8 aliphatic rings. The van der Waals surface area contributed by atoms with Gasteiger partial charge < -0.3 is 19.7 Å². The molecule has 5 saturated carbocycles. The van der Waals surface area contributed by atoms with E-state index in [4.69, 9.17) is 14.6 Å². The Kier molecular flexibility index (Phi) is 4.94. The van der Waals surface area contributed by atoms with E-state index in [1.807, 2.05) is 0 Å². The van der Waals surface area contributed by atoms with Crippen molar-refractivity contribution in [2.24, 2.45) is 45.8 Å². The Morgan fingerprint density at radius 2 is 2.03 bits per heavy atom. The van der Waals surface area contributed by atoms with Crippen molar-refractivity contribution in [1.82, 2.24) is 4.90 Å². The number of aliphatic hydroxyl groups is 2. The van der Waals surface area contributed by atoms with Crippen LogP contribution in [0.3, 0.4) is 0 Å². The zero-order valence-corrected chi connectivity index (χ0v) is 22.5. The van der Waals surface area contributed by atoms with E-state index >= 15 is 0 Å². The number of fused-ring (bicyclic) bond motifs is 6. The molecule has 8 rings (SSSR count). The van der Waals surface area contributed by atoms with Gasteiger partial charge in [-0.1, -0.05) is 25.5 Å². The van der Waals surface area contributed by atoms with Gasteiger partial charge >= 0.3 is 0 Å². The standard InChI is InChI=1S/C31H47NO4/c1-19-13-26-27(32(17-19)9-11-35-12-10-33)25-16-30-18-29(30)15-24-22(23(29)6-8-31(25,30)36-26)4-3-20-14-21(34)5-7-28(20,24)2/h3,19,21-27,33-34H,4-18H2,1-2H3/t19-,21-,22-,23-,24-,25+,26+,27-,28-,29?,30?,31?/m0/s1. The lowest BCUT2D eigenvalue weighted by Crippen LogP contribution is -2.64. The van der Waals surface area contributed by atoms with Gasteiger partial charge in [0, 0.05) is 30.5 Å². The molecule has 2 N–H and O–H groups in total. The SMILES string of the molecule is C[C@H]1C[C@H]2OC34CC[C@H]5[C@@H]6CC=C7C[C@@H](O)CC[C@]7(C)[C@H]6CC56CC63C[C@@H]4[C@@H]2N(CCOCCO)C1. The minimum atomic E-state index is -0.111. The Labute approximate surface area is 217 Å². The number of ether oxygens (including phenoxy) is 2. The molecule has 200 valence electrons. The fourth-order valence-electron chi connectivity index (χ4n) is 12.5. The van der Waals surface area contributed by atoms with E-state index in [0.717, 1.165) is 43.7 Å². The molecule has 12 atom stereocenters. The average Bonchev–Trinajstić information content (AvgIpc) is 3.33. The van der Waals surface area contributed by atoms with Crippen LogP contribution in [0.25, 0.3) is 0 Å². The molecule has 0 aromatic heterocycles.